The van der Waals surface area contributed by atoms with Gasteiger partial charge in [0.1, 0.15) is 6.61 Å². The van der Waals surface area contributed by atoms with Gasteiger partial charge in [0.05, 0.1) is 24.1 Å². The average Bonchev–Trinajstić information content (AvgIpc) is 3.28. The van der Waals surface area contributed by atoms with Crippen molar-refractivity contribution in [2.24, 2.45) is 5.92 Å². The highest BCUT2D eigenvalue weighted by Gasteiger charge is 2.35. The van der Waals surface area contributed by atoms with Crippen molar-refractivity contribution in [2.45, 2.75) is 75.8 Å². The number of aliphatic hydroxyl groups excluding tert-OH is 1. The van der Waals surface area contributed by atoms with Crippen molar-refractivity contribution in [1.29, 1.82) is 0 Å². The van der Waals surface area contributed by atoms with E-state index < -0.39 is 11.5 Å². The first-order valence-electron chi connectivity index (χ1n) is 12.1. The lowest BCUT2D eigenvalue weighted by Gasteiger charge is -2.29. The van der Waals surface area contributed by atoms with Crippen molar-refractivity contribution in [3.05, 3.63) is 48.0 Å². The average molecular weight is 457 g/mol. The number of rotatable bonds is 6. The number of allylic oxidation sites excluding steroid dienone is 2. The number of esters is 1. The predicted octanol–water partition coefficient (Wildman–Crippen LogP) is 2.81. The summed E-state index contributed by atoms with van der Waals surface area (Å²) in [7, 11) is 0. The van der Waals surface area contributed by atoms with E-state index >= 15 is 0 Å². The first-order chi connectivity index (χ1) is 16.0. The third kappa shape index (κ3) is 8.00. The van der Waals surface area contributed by atoms with Crippen LogP contribution in [0.2, 0.25) is 0 Å². The minimum Gasteiger partial charge on any atom is -0.463 e. The lowest BCUT2D eigenvalue weighted by molar-refractivity contribution is -0.145. The second-order valence-electron chi connectivity index (χ2n) is 9.27. The highest BCUT2D eigenvalue weighted by molar-refractivity contribution is 5.86. The number of carbonyl (C=O) groups excluding carboxylic acids is 3. The van der Waals surface area contributed by atoms with Gasteiger partial charge in [0.2, 0.25) is 11.8 Å². The van der Waals surface area contributed by atoms with Crippen molar-refractivity contribution >= 4 is 17.8 Å². The van der Waals surface area contributed by atoms with Crippen LogP contribution in [0.15, 0.2) is 42.5 Å². The lowest BCUT2D eigenvalue weighted by atomic mass is 9.95. The molecule has 0 spiro atoms. The van der Waals surface area contributed by atoms with Gasteiger partial charge in [-0.3, -0.25) is 14.4 Å². The van der Waals surface area contributed by atoms with Crippen LogP contribution in [0.5, 0.6) is 0 Å². The fourth-order valence-electron chi connectivity index (χ4n) is 4.61. The third-order valence-corrected chi connectivity index (χ3v) is 6.53. The molecule has 1 aliphatic heterocycles. The summed E-state index contributed by atoms with van der Waals surface area (Å²) in [6.07, 6.45) is 10.1. The molecule has 2 amide bonds. The highest BCUT2D eigenvalue weighted by atomic mass is 16.5. The number of carbonyl (C=O) groups is 3. The molecular formula is C26H36N2O5. The zero-order valence-corrected chi connectivity index (χ0v) is 19.3. The van der Waals surface area contributed by atoms with Crippen LogP contribution in [0.3, 0.4) is 0 Å². The first-order valence-corrected chi connectivity index (χ1v) is 12.1. The van der Waals surface area contributed by atoms with Gasteiger partial charge in [-0.15, -0.1) is 0 Å². The van der Waals surface area contributed by atoms with E-state index in [1.165, 1.54) is 0 Å². The second-order valence-corrected chi connectivity index (χ2v) is 9.27. The molecule has 180 valence electrons. The van der Waals surface area contributed by atoms with Crippen molar-refractivity contribution in [3.63, 3.8) is 0 Å². The molecule has 7 nitrogen and oxygen atoms in total. The molecule has 3 N–H and O–H groups in total. The van der Waals surface area contributed by atoms with E-state index in [1.807, 2.05) is 42.5 Å². The maximum atomic E-state index is 13.2. The smallest absolute Gasteiger partial charge is 0.305 e. The van der Waals surface area contributed by atoms with Crippen LogP contribution in [-0.4, -0.2) is 47.7 Å². The number of aliphatic hydroxyl groups is 1. The van der Waals surface area contributed by atoms with Gasteiger partial charge >= 0.3 is 5.97 Å². The Labute approximate surface area is 196 Å². The minimum atomic E-state index is -0.559. The van der Waals surface area contributed by atoms with Crippen molar-refractivity contribution in [2.75, 3.05) is 13.2 Å². The fourth-order valence-corrected chi connectivity index (χ4v) is 4.61. The van der Waals surface area contributed by atoms with Crippen molar-refractivity contribution < 1.29 is 24.2 Å². The van der Waals surface area contributed by atoms with Crippen LogP contribution in [-0.2, 0) is 25.5 Å². The Hall–Kier alpha value is -2.67. The van der Waals surface area contributed by atoms with Gasteiger partial charge in [-0.2, -0.15) is 0 Å². The molecule has 2 atom stereocenters. The molecule has 1 fully saturated rings. The molecular weight excluding hydrogens is 420 g/mol. The second kappa shape index (κ2) is 12.5. The Bertz CT molecular complexity index is 817. The minimum absolute atomic E-state index is 0.0514. The Morgan fingerprint density at radius 1 is 1.12 bits per heavy atom. The summed E-state index contributed by atoms with van der Waals surface area (Å²) in [5.74, 6) is -1.24. The molecule has 0 saturated heterocycles. The molecule has 3 rings (SSSR count). The highest BCUT2D eigenvalue weighted by Crippen LogP contribution is 2.29. The molecule has 1 aromatic carbocycles. The van der Waals surface area contributed by atoms with Crippen LogP contribution in [0.25, 0.3) is 0 Å². The van der Waals surface area contributed by atoms with Gasteiger partial charge < -0.3 is 20.5 Å². The summed E-state index contributed by atoms with van der Waals surface area (Å²) in [5.41, 5.74) is 0.472. The zero-order chi connectivity index (χ0) is 23.5. The summed E-state index contributed by atoms with van der Waals surface area (Å²) < 4.78 is 5.44. The molecule has 1 aromatic rings. The summed E-state index contributed by atoms with van der Waals surface area (Å²) in [6.45, 7) is 0.0134. The maximum absolute atomic E-state index is 13.2. The van der Waals surface area contributed by atoms with Gasteiger partial charge in [0, 0.05) is 12.8 Å². The number of hydrogen-bond acceptors (Lipinski definition) is 5. The van der Waals surface area contributed by atoms with Gasteiger partial charge in [0.25, 0.3) is 0 Å². The van der Waals surface area contributed by atoms with Crippen LogP contribution in [0.1, 0.15) is 63.4 Å². The van der Waals surface area contributed by atoms with Gasteiger partial charge in [0.15, 0.2) is 0 Å². The standard InChI is InChI=1S/C26H36N2O5/c29-19-26(14-8-9-15-26)28-23(30)17-21-12-6-1-2-7-13-24(31)33-18-22(27-25(21)32)16-20-10-4-3-5-11-20/h1,3-6,10-11,21-22,29H,2,7-9,12-19H2,(H,27,32)(H,28,30)/t21-,22-/m1/s1. The first kappa shape index (κ1) is 25.0. The van der Waals surface area contributed by atoms with Crippen molar-refractivity contribution in [1.82, 2.24) is 10.6 Å². The van der Waals surface area contributed by atoms with Crippen LogP contribution in [0.4, 0.5) is 0 Å². The van der Waals surface area contributed by atoms with Gasteiger partial charge in [-0.25, -0.2) is 0 Å². The Balaban J connectivity index is 1.70. The summed E-state index contributed by atoms with van der Waals surface area (Å²) in [5, 5.41) is 15.8. The number of cyclic esters (lactones) is 1. The predicted molar refractivity (Wildman–Crippen MR) is 125 cm³/mol. The van der Waals surface area contributed by atoms with Crippen LogP contribution in [0, 0.1) is 5.92 Å². The van der Waals surface area contributed by atoms with E-state index in [2.05, 4.69) is 10.6 Å². The number of amides is 2. The Morgan fingerprint density at radius 3 is 2.61 bits per heavy atom. The molecule has 2 aliphatic rings. The van der Waals surface area contributed by atoms with Gasteiger partial charge in [-0.1, -0.05) is 55.3 Å². The maximum Gasteiger partial charge on any atom is 0.305 e. The van der Waals surface area contributed by atoms with E-state index in [1.54, 1.807) is 0 Å². The van der Waals surface area contributed by atoms with E-state index in [4.69, 9.17) is 4.74 Å². The summed E-state index contributed by atoms with van der Waals surface area (Å²) >= 11 is 0. The molecule has 0 radical (unpaired) electrons. The van der Waals surface area contributed by atoms with Crippen LogP contribution < -0.4 is 10.6 Å². The van der Waals surface area contributed by atoms with Crippen molar-refractivity contribution in [3.8, 4) is 0 Å². The third-order valence-electron chi connectivity index (χ3n) is 6.53. The molecule has 1 saturated carbocycles. The SMILES string of the molecule is O=C(C[C@H]1CC=CCCCC(=O)OC[C@@H](Cc2ccccc2)NC1=O)NC1(CO)CCCC1. The molecule has 7 heteroatoms. The molecule has 0 unspecified atom stereocenters. The molecule has 1 aliphatic carbocycles. The largest absolute Gasteiger partial charge is 0.463 e. The van der Waals surface area contributed by atoms with Gasteiger partial charge in [-0.05, 0) is 44.1 Å². The Kier molecular flexibility index (Phi) is 9.48. The molecule has 0 bridgehead atoms. The zero-order valence-electron chi connectivity index (χ0n) is 19.3. The molecule has 1 heterocycles. The number of benzene rings is 1. The lowest BCUT2D eigenvalue weighted by Crippen LogP contribution is -2.50. The van der Waals surface area contributed by atoms with E-state index in [0.29, 0.717) is 25.7 Å². The molecule has 33 heavy (non-hydrogen) atoms. The number of ether oxygens (including phenoxy) is 1. The quantitative estimate of drug-likeness (QED) is 0.451. The van der Waals surface area contributed by atoms with Crippen LogP contribution >= 0.6 is 0 Å². The topological polar surface area (TPSA) is 105 Å². The Morgan fingerprint density at radius 2 is 1.88 bits per heavy atom. The number of hydrogen-bond donors (Lipinski definition) is 3. The number of nitrogens with one attached hydrogen (secondary N) is 2. The van der Waals surface area contributed by atoms with E-state index in [9.17, 15) is 19.5 Å². The van der Waals surface area contributed by atoms with E-state index in [-0.39, 0.29) is 43.5 Å². The summed E-state index contributed by atoms with van der Waals surface area (Å²) in [6, 6.07) is 9.35. The normalized spacial score (nSPS) is 24.0. The summed E-state index contributed by atoms with van der Waals surface area (Å²) in [4.78, 5) is 38.1. The monoisotopic (exact) mass is 456 g/mol. The molecule has 0 aromatic heterocycles. The fraction of sp³-hybridized carbons (Fsp3) is 0.577. The van der Waals surface area contributed by atoms with E-state index in [0.717, 1.165) is 37.7 Å².